The number of halogens is 1. The fourth-order valence-electron chi connectivity index (χ4n) is 2.04. The Labute approximate surface area is 151 Å². The van der Waals surface area contributed by atoms with Crippen molar-refractivity contribution in [3.8, 4) is 11.8 Å². The quantitative estimate of drug-likeness (QED) is 0.591. The van der Waals surface area contributed by atoms with E-state index in [4.69, 9.17) is 21.6 Å². The van der Waals surface area contributed by atoms with Gasteiger partial charge in [0.05, 0.1) is 7.11 Å². The number of amides is 1. The molecule has 0 radical (unpaired) electrons. The zero-order valence-electron chi connectivity index (χ0n) is 13.8. The van der Waals surface area contributed by atoms with E-state index in [1.807, 2.05) is 42.5 Å². The van der Waals surface area contributed by atoms with Crippen LogP contribution in [0.4, 0.5) is 0 Å². The molecule has 0 fully saturated rings. The molecule has 128 valence electrons. The first-order chi connectivity index (χ1) is 12.1. The van der Waals surface area contributed by atoms with Crippen LogP contribution in [0.5, 0.6) is 5.75 Å². The molecule has 0 spiro atoms. The third-order valence-corrected chi connectivity index (χ3v) is 3.70. The summed E-state index contributed by atoms with van der Waals surface area (Å²) in [6, 6.07) is 16.6. The molecule has 0 aliphatic rings. The predicted molar refractivity (Wildman–Crippen MR) is 96.8 cm³/mol. The molecule has 0 bridgehead atoms. The van der Waals surface area contributed by atoms with E-state index in [1.165, 1.54) is 6.20 Å². The van der Waals surface area contributed by atoms with Crippen LogP contribution < -0.4 is 15.4 Å². The van der Waals surface area contributed by atoms with Crippen LogP contribution >= 0.6 is 11.6 Å². The number of hydrogen-bond acceptors (Lipinski definition) is 4. The summed E-state index contributed by atoms with van der Waals surface area (Å²) in [7, 11) is 1.60. The summed E-state index contributed by atoms with van der Waals surface area (Å²) >= 11 is 5.83. The fourth-order valence-corrected chi connectivity index (χ4v) is 2.17. The minimum absolute atomic E-state index is 0.0162. The lowest BCUT2D eigenvalue weighted by atomic mass is 10.2. The first kappa shape index (κ1) is 18.4. The van der Waals surface area contributed by atoms with Crippen LogP contribution in [0.3, 0.4) is 0 Å². The van der Waals surface area contributed by atoms with E-state index >= 15 is 0 Å². The summed E-state index contributed by atoms with van der Waals surface area (Å²) in [4.78, 5) is 12.1. The highest BCUT2D eigenvalue weighted by molar-refractivity contribution is 6.30. The Morgan fingerprint density at radius 3 is 2.32 bits per heavy atom. The van der Waals surface area contributed by atoms with E-state index in [9.17, 15) is 4.79 Å². The summed E-state index contributed by atoms with van der Waals surface area (Å²) in [5, 5.41) is 15.5. The minimum Gasteiger partial charge on any atom is -0.497 e. The fraction of sp³-hybridized carbons (Fsp3) is 0.158. The van der Waals surface area contributed by atoms with E-state index in [2.05, 4.69) is 10.6 Å². The highest BCUT2D eigenvalue weighted by Crippen LogP contribution is 2.11. The number of ether oxygens (including phenoxy) is 1. The Morgan fingerprint density at radius 1 is 1.12 bits per heavy atom. The second kappa shape index (κ2) is 9.36. The lowest BCUT2D eigenvalue weighted by Gasteiger charge is -2.06. The molecule has 0 saturated carbocycles. The molecule has 5 nitrogen and oxygen atoms in total. The van der Waals surface area contributed by atoms with Gasteiger partial charge in [0.2, 0.25) is 0 Å². The molecule has 0 aliphatic carbocycles. The highest BCUT2D eigenvalue weighted by Gasteiger charge is 2.08. The number of carbonyl (C=O) groups is 1. The van der Waals surface area contributed by atoms with Crippen molar-refractivity contribution in [3.05, 3.63) is 76.5 Å². The molecule has 25 heavy (non-hydrogen) atoms. The van der Waals surface area contributed by atoms with Crippen LogP contribution in [-0.4, -0.2) is 13.0 Å². The Bertz CT molecular complexity index is 778. The SMILES string of the molecule is COc1ccc(CNC(=O)/C(C#N)=C\NCc2ccc(Cl)cc2)cc1. The van der Waals surface area contributed by atoms with Crippen molar-refractivity contribution < 1.29 is 9.53 Å². The average Bonchev–Trinajstić information content (AvgIpc) is 2.65. The lowest BCUT2D eigenvalue weighted by molar-refractivity contribution is -0.117. The van der Waals surface area contributed by atoms with Crippen molar-refractivity contribution in [3.63, 3.8) is 0 Å². The van der Waals surface area contributed by atoms with Gasteiger partial charge >= 0.3 is 0 Å². The van der Waals surface area contributed by atoms with Gasteiger partial charge in [-0.1, -0.05) is 35.9 Å². The molecule has 0 aliphatic heterocycles. The molecule has 2 rings (SSSR count). The van der Waals surface area contributed by atoms with Gasteiger partial charge in [-0.25, -0.2) is 0 Å². The molecule has 0 aromatic heterocycles. The van der Waals surface area contributed by atoms with Crippen molar-refractivity contribution >= 4 is 17.5 Å². The van der Waals surface area contributed by atoms with Gasteiger partial charge in [0.25, 0.3) is 5.91 Å². The molecule has 0 unspecified atom stereocenters. The Kier molecular flexibility index (Phi) is 6.87. The second-order valence-electron chi connectivity index (χ2n) is 5.21. The lowest BCUT2D eigenvalue weighted by Crippen LogP contribution is -2.25. The number of rotatable bonds is 7. The van der Waals surface area contributed by atoms with Crippen molar-refractivity contribution in [2.45, 2.75) is 13.1 Å². The molecule has 0 atom stereocenters. The molecule has 1 amide bonds. The standard InChI is InChI=1S/C19H18ClN3O2/c1-25-18-8-4-15(5-9-18)12-23-19(24)16(10-21)13-22-11-14-2-6-17(20)7-3-14/h2-9,13,22H,11-12H2,1H3,(H,23,24)/b16-13-. The van der Waals surface area contributed by atoms with Gasteiger partial charge in [0, 0.05) is 24.3 Å². The molecule has 2 N–H and O–H groups in total. The zero-order valence-corrected chi connectivity index (χ0v) is 14.5. The van der Waals surface area contributed by atoms with Crippen LogP contribution in [0.25, 0.3) is 0 Å². The maximum absolute atomic E-state index is 12.1. The normalized spacial score (nSPS) is 10.7. The minimum atomic E-state index is -0.429. The maximum atomic E-state index is 12.1. The van der Waals surface area contributed by atoms with Gasteiger partial charge in [-0.3, -0.25) is 4.79 Å². The topological polar surface area (TPSA) is 74.1 Å². The van der Waals surface area contributed by atoms with Gasteiger partial charge in [-0.05, 0) is 35.4 Å². The highest BCUT2D eigenvalue weighted by atomic mass is 35.5. The van der Waals surface area contributed by atoms with Crippen molar-refractivity contribution in [1.29, 1.82) is 5.26 Å². The van der Waals surface area contributed by atoms with E-state index in [1.54, 1.807) is 19.2 Å². The number of benzene rings is 2. The van der Waals surface area contributed by atoms with Crippen LogP contribution in [-0.2, 0) is 17.9 Å². The number of hydrogen-bond donors (Lipinski definition) is 2. The van der Waals surface area contributed by atoms with Gasteiger partial charge in [-0.2, -0.15) is 5.26 Å². The number of methoxy groups -OCH3 is 1. The van der Waals surface area contributed by atoms with E-state index in [-0.39, 0.29) is 5.57 Å². The van der Waals surface area contributed by atoms with Crippen LogP contribution in [0, 0.1) is 11.3 Å². The molecule has 6 heteroatoms. The maximum Gasteiger partial charge on any atom is 0.263 e. The number of nitrogens with one attached hydrogen (secondary N) is 2. The molecule has 0 heterocycles. The summed E-state index contributed by atoms with van der Waals surface area (Å²) < 4.78 is 5.08. The third-order valence-electron chi connectivity index (χ3n) is 3.44. The Morgan fingerprint density at radius 2 is 1.72 bits per heavy atom. The largest absolute Gasteiger partial charge is 0.497 e. The third kappa shape index (κ3) is 5.87. The number of nitriles is 1. The molecule has 2 aromatic rings. The summed E-state index contributed by atoms with van der Waals surface area (Å²) in [5.74, 6) is 0.320. The van der Waals surface area contributed by atoms with Crippen molar-refractivity contribution in [2.24, 2.45) is 0 Å². The smallest absolute Gasteiger partial charge is 0.263 e. The average molecular weight is 356 g/mol. The Hall–Kier alpha value is -2.97. The molecule has 0 saturated heterocycles. The Balaban J connectivity index is 1.86. The number of carbonyl (C=O) groups excluding carboxylic acids is 1. The van der Waals surface area contributed by atoms with Gasteiger partial charge in [0.15, 0.2) is 0 Å². The van der Waals surface area contributed by atoms with Gasteiger partial charge in [-0.15, -0.1) is 0 Å². The van der Waals surface area contributed by atoms with E-state index in [0.29, 0.717) is 18.1 Å². The monoisotopic (exact) mass is 355 g/mol. The first-order valence-electron chi connectivity index (χ1n) is 7.61. The van der Waals surface area contributed by atoms with Gasteiger partial charge in [0.1, 0.15) is 17.4 Å². The molecule has 2 aromatic carbocycles. The van der Waals surface area contributed by atoms with Crippen molar-refractivity contribution in [2.75, 3.05) is 7.11 Å². The number of nitrogens with zero attached hydrogens (tertiary/aromatic N) is 1. The van der Waals surface area contributed by atoms with Gasteiger partial charge < -0.3 is 15.4 Å². The summed E-state index contributed by atoms with van der Waals surface area (Å²) in [6.07, 6.45) is 1.41. The van der Waals surface area contributed by atoms with Crippen molar-refractivity contribution in [1.82, 2.24) is 10.6 Å². The van der Waals surface area contributed by atoms with Crippen LogP contribution in [0.2, 0.25) is 5.02 Å². The summed E-state index contributed by atoms with van der Waals surface area (Å²) in [6.45, 7) is 0.827. The zero-order chi connectivity index (χ0) is 18.1. The van der Waals surface area contributed by atoms with Crippen LogP contribution in [0.1, 0.15) is 11.1 Å². The predicted octanol–water partition coefficient (Wildman–Crippen LogP) is 3.16. The van der Waals surface area contributed by atoms with E-state index < -0.39 is 5.91 Å². The second-order valence-corrected chi connectivity index (χ2v) is 5.64. The van der Waals surface area contributed by atoms with Crippen LogP contribution in [0.15, 0.2) is 60.3 Å². The summed E-state index contributed by atoms with van der Waals surface area (Å²) in [5.41, 5.74) is 1.93. The van der Waals surface area contributed by atoms with E-state index in [0.717, 1.165) is 16.9 Å². The molecular formula is C19H18ClN3O2. The first-order valence-corrected chi connectivity index (χ1v) is 7.99. The molecular weight excluding hydrogens is 338 g/mol.